The van der Waals surface area contributed by atoms with Crippen LogP contribution in [0, 0.1) is 0 Å². The standard InChI is InChI=1S/C6H7NO2/c1-3-6(9)5(2)7-4-8/h3,5H,1H2,2H3. The molecule has 0 aliphatic rings. The van der Waals surface area contributed by atoms with E-state index in [1.54, 1.807) is 0 Å². The molecule has 0 aromatic heterocycles. The molecule has 0 rings (SSSR count). The van der Waals surface area contributed by atoms with E-state index in [1.807, 2.05) is 0 Å². The van der Waals surface area contributed by atoms with Crippen LogP contribution in [-0.2, 0) is 9.59 Å². The summed E-state index contributed by atoms with van der Waals surface area (Å²) in [5.74, 6) is -0.265. The van der Waals surface area contributed by atoms with E-state index in [2.05, 4.69) is 11.6 Å². The van der Waals surface area contributed by atoms with Crippen LogP contribution < -0.4 is 0 Å². The molecule has 3 heteroatoms. The van der Waals surface area contributed by atoms with Crippen LogP contribution in [0.5, 0.6) is 0 Å². The van der Waals surface area contributed by atoms with Crippen LogP contribution in [0.1, 0.15) is 6.92 Å². The Balaban J connectivity index is 4.02. The lowest BCUT2D eigenvalue weighted by Gasteiger charge is -1.93. The Morgan fingerprint density at radius 2 is 2.44 bits per heavy atom. The highest BCUT2D eigenvalue weighted by atomic mass is 16.1. The minimum Gasteiger partial charge on any atom is -0.292 e. The number of carbonyl (C=O) groups is 1. The lowest BCUT2D eigenvalue weighted by molar-refractivity contribution is -0.115. The Labute approximate surface area is 53.1 Å². The lowest BCUT2D eigenvalue weighted by atomic mass is 10.2. The maximum atomic E-state index is 10.5. The van der Waals surface area contributed by atoms with Gasteiger partial charge < -0.3 is 0 Å². The highest BCUT2D eigenvalue weighted by Crippen LogP contribution is 1.89. The van der Waals surface area contributed by atoms with E-state index in [0.717, 1.165) is 6.08 Å². The molecule has 3 nitrogen and oxygen atoms in total. The largest absolute Gasteiger partial charge is 0.292 e. The number of nitrogens with zero attached hydrogens (tertiary/aromatic N) is 1. The quantitative estimate of drug-likeness (QED) is 0.312. The van der Waals surface area contributed by atoms with Crippen molar-refractivity contribution in [2.24, 2.45) is 4.99 Å². The molecule has 0 amide bonds. The predicted octanol–water partition coefficient (Wildman–Crippen LogP) is 0.466. The predicted molar refractivity (Wildman–Crippen MR) is 32.8 cm³/mol. The van der Waals surface area contributed by atoms with Crippen LogP contribution in [0.15, 0.2) is 17.6 Å². The average Bonchev–Trinajstić information content (AvgIpc) is 1.87. The third-order valence-electron chi connectivity index (χ3n) is 0.859. The summed E-state index contributed by atoms with van der Waals surface area (Å²) in [5, 5.41) is 0. The van der Waals surface area contributed by atoms with Gasteiger partial charge in [-0.25, -0.2) is 4.79 Å². The van der Waals surface area contributed by atoms with Gasteiger partial charge in [0.15, 0.2) is 5.78 Å². The zero-order chi connectivity index (χ0) is 7.28. The first-order valence-corrected chi connectivity index (χ1v) is 2.45. The van der Waals surface area contributed by atoms with Crippen molar-refractivity contribution in [3.63, 3.8) is 0 Å². The Kier molecular flexibility index (Phi) is 3.25. The first kappa shape index (κ1) is 7.79. The van der Waals surface area contributed by atoms with Gasteiger partial charge in [0, 0.05) is 0 Å². The summed E-state index contributed by atoms with van der Waals surface area (Å²) in [7, 11) is 0. The number of isocyanates is 1. The van der Waals surface area contributed by atoms with Crippen molar-refractivity contribution in [2.45, 2.75) is 13.0 Å². The normalized spacial score (nSPS) is 11.2. The molecule has 0 heterocycles. The minimum atomic E-state index is -0.625. The zero-order valence-corrected chi connectivity index (χ0v) is 5.13. The number of hydrogen-bond donors (Lipinski definition) is 0. The first-order chi connectivity index (χ1) is 4.22. The molecule has 0 fully saturated rings. The fourth-order valence-corrected chi connectivity index (χ4v) is 0.313. The van der Waals surface area contributed by atoms with E-state index in [4.69, 9.17) is 0 Å². The van der Waals surface area contributed by atoms with Crippen molar-refractivity contribution < 1.29 is 9.59 Å². The Morgan fingerprint density at radius 3 is 2.78 bits per heavy atom. The van der Waals surface area contributed by atoms with Crippen molar-refractivity contribution in [1.82, 2.24) is 0 Å². The van der Waals surface area contributed by atoms with Crippen LogP contribution in [0.2, 0.25) is 0 Å². The first-order valence-electron chi connectivity index (χ1n) is 2.45. The van der Waals surface area contributed by atoms with E-state index < -0.39 is 6.04 Å². The lowest BCUT2D eigenvalue weighted by Crippen LogP contribution is -2.10. The van der Waals surface area contributed by atoms with Crippen LogP contribution in [-0.4, -0.2) is 17.9 Å². The van der Waals surface area contributed by atoms with Gasteiger partial charge in [0.2, 0.25) is 6.08 Å². The summed E-state index contributed by atoms with van der Waals surface area (Å²) in [6, 6.07) is -0.625. The highest BCUT2D eigenvalue weighted by molar-refractivity contribution is 5.93. The fourth-order valence-electron chi connectivity index (χ4n) is 0.313. The maximum Gasteiger partial charge on any atom is 0.235 e. The molecular formula is C6H7NO2. The molecular weight excluding hydrogens is 118 g/mol. The molecule has 0 N–H and O–H groups in total. The average molecular weight is 125 g/mol. The minimum absolute atomic E-state index is 0.265. The van der Waals surface area contributed by atoms with Crippen molar-refractivity contribution in [1.29, 1.82) is 0 Å². The van der Waals surface area contributed by atoms with Crippen LogP contribution in [0.3, 0.4) is 0 Å². The van der Waals surface area contributed by atoms with Crippen LogP contribution in [0.4, 0.5) is 0 Å². The summed E-state index contributed by atoms with van der Waals surface area (Å²) in [6.45, 7) is 4.73. The molecule has 0 aromatic rings. The SMILES string of the molecule is C=CC(=O)C(C)N=C=O. The monoisotopic (exact) mass is 125 g/mol. The zero-order valence-electron chi connectivity index (χ0n) is 5.13. The third kappa shape index (κ3) is 2.57. The van der Waals surface area contributed by atoms with E-state index >= 15 is 0 Å². The highest BCUT2D eigenvalue weighted by Gasteiger charge is 2.04. The van der Waals surface area contributed by atoms with Gasteiger partial charge in [-0.3, -0.25) is 4.79 Å². The summed E-state index contributed by atoms with van der Waals surface area (Å²) >= 11 is 0. The Bertz CT molecular complexity index is 168. The Hall–Kier alpha value is -1.21. The van der Waals surface area contributed by atoms with Gasteiger partial charge in [-0.1, -0.05) is 6.58 Å². The van der Waals surface area contributed by atoms with Crippen molar-refractivity contribution in [3.8, 4) is 0 Å². The van der Waals surface area contributed by atoms with Gasteiger partial charge in [-0.05, 0) is 13.0 Å². The van der Waals surface area contributed by atoms with Crippen LogP contribution >= 0.6 is 0 Å². The van der Waals surface area contributed by atoms with Gasteiger partial charge in [-0.15, -0.1) is 0 Å². The van der Waals surface area contributed by atoms with E-state index in [0.29, 0.717) is 0 Å². The van der Waals surface area contributed by atoms with Gasteiger partial charge in [0.05, 0.1) is 0 Å². The van der Waals surface area contributed by atoms with Crippen molar-refractivity contribution in [2.75, 3.05) is 0 Å². The molecule has 0 aromatic carbocycles. The van der Waals surface area contributed by atoms with Gasteiger partial charge in [0.25, 0.3) is 0 Å². The second-order valence-corrected chi connectivity index (χ2v) is 1.50. The number of carbonyl (C=O) groups excluding carboxylic acids is 2. The number of ketones is 1. The molecule has 0 saturated carbocycles. The van der Waals surface area contributed by atoms with Crippen molar-refractivity contribution in [3.05, 3.63) is 12.7 Å². The van der Waals surface area contributed by atoms with Gasteiger partial charge >= 0.3 is 0 Å². The summed E-state index contributed by atoms with van der Waals surface area (Å²) in [4.78, 5) is 23.2. The second-order valence-electron chi connectivity index (χ2n) is 1.50. The topological polar surface area (TPSA) is 46.5 Å². The molecule has 1 unspecified atom stereocenters. The van der Waals surface area contributed by atoms with Gasteiger partial charge in [0.1, 0.15) is 6.04 Å². The number of aliphatic imine (C=N–C) groups is 1. The fraction of sp³-hybridized carbons (Fsp3) is 0.333. The maximum absolute atomic E-state index is 10.5. The molecule has 0 bridgehead atoms. The summed E-state index contributed by atoms with van der Waals surface area (Å²) < 4.78 is 0. The van der Waals surface area contributed by atoms with E-state index in [-0.39, 0.29) is 5.78 Å². The summed E-state index contributed by atoms with van der Waals surface area (Å²) in [5.41, 5.74) is 0. The van der Waals surface area contributed by atoms with E-state index in [9.17, 15) is 9.59 Å². The van der Waals surface area contributed by atoms with Crippen molar-refractivity contribution >= 4 is 11.9 Å². The molecule has 0 spiro atoms. The van der Waals surface area contributed by atoms with Gasteiger partial charge in [-0.2, -0.15) is 4.99 Å². The smallest absolute Gasteiger partial charge is 0.235 e. The third-order valence-corrected chi connectivity index (χ3v) is 0.859. The molecule has 0 aliphatic carbocycles. The number of rotatable bonds is 3. The molecule has 9 heavy (non-hydrogen) atoms. The van der Waals surface area contributed by atoms with E-state index in [1.165, 1.54) is 13.0 Å². The summed E-state index contributed by atoms with van der Waals surface area (Å²) in [6.07, 6.45) is 2.42. The molecule has 0 saturated heterocycles. The van der Waals surface area contributed by atoms with Crippen LogP contribution in [0.25, 0.3) is 0 Å². The molecule has 0 radical (unpaired) electrons. The molecule has 1 atom stereocenters. The molecule has 48 valence electrons. The second kappa shape index (κ2) is 3.75. The molecule has 0 aliphatic heterocycles. The Morgan fingerprint density at radius 1 is 1.89 bits per heavy atom. The number of hydrogen-bond acceptors (Lipinski definition) is 3.